The van der Waals surface area contributed by atoms with Crippen LogP contribution in [0.1, 0.15) is 23.6 Å². The Bertz CT molecular complexity index is 1460. The first-order valence-corrected chi connectivity index (χ1v) is 11.9. The molecule has 2 N–H and O–H groups in total. The standard InChI is InChI=1S/C29H26N4O4/c1-29(24-11-10-22-6-2-3-7-23(22)15-24)27(35)33(28(36)32-29)18-26(34)31-17-20-8-12-25(13-9-20)37-19-21-5-4-14-30-16-21/h2-16H,17-19H2,1H3,(H,31,34)(H,32,36). The van der Waals surface area contributed by atoms with E-state index in [0.717, 1.165) is 26.8 Å². The lowest BCUT2D eigenvalue weighted by Crippen LogP contribution is -2.43. The molecule has 0 saturated carbocycles. The molecule has 0 radical (unpaired) electrons. The summed E-state index contributed by atoms with van der Waals surface area (Å²) in [5.41, 5.74) is 1.25. The van der Waals surface area contributed by atoms with Crippen LogP contribution in [0.5, 0.6) is 5.75 Å². The number of hydrogen-bond acceptors (Lipinski definition) is 5. The number of pyridine rings is 1. The van der Waals surface area contributed by atoms with Gasteiger partial charge >= 0.3 is 6.03 Å². The average molecular weight is 495 g/mol. The Hall–Kier alpha value is -4.72. The average Bonchev–Trinajstić information content (AvgIpc) is 3.15. The van der Waals surface area contributed by atoms with Crippen molar-refractivity contribution in [3.63, 3.8) is 0 Å². The molecule has 8 nitrogen and oxygen atoms in total. The first kappa shape index (κ1) is 24.0. The molecular weight excluding hydrogens is 468 g/mol. The number of rotatable bonds is 8. The predicted octanol–water partition coefficient (Wildman–Crippen LogP) is 3.90. The van der Waals surface area contributed by atoms with Crippen LogP contribution >= 0.6 is 0 Å². The minimum absolute atomic E-state index is 0.257. The van der Waals surface area contributed by atoms with Crippen LogP contribution in [0.4, 0.5) is 4.79 Å². The van der Waals surface area contributed by atoms with E-state index < -0.39 is 23.4 Å². The van der Waals surface area contributed by atoms with Crippen LogP contribution in [0, 0.1) is 0 Å². The minimum atomic E-state index is -1.24. The van der Waals surface area contributed by atoms with Gasteiger partial charge in [0.05, 0.1) is 0 Å². The summed E-state index contributed by atoms with van der Waals surface area (Å²) in [6.45, 7) is 1.97. The monoisotopic (exact) mass is 494 g/mol. The molecule has 1 saturated heterocycles. The van der Waals surface area contributed by atoms with Gasteiger partial charge in [-0.2, -0.15) is 0 Å². The van der Waals surface area contributed by atoms with Gasteiger partial charge in [0.2, 0.25) is 5.91 Å². The van der Waals surface area contributed by atoms with Crippen molar-refractivity contribution in [3.05, 3.63) is 108 Å². The Morgan fingerprint density at radius 1 is 0.973 bits per heavy atom. The Morgan fingerprint density at radius 3 is 2.51 bits per heavy atom. The highest BCUT2D eigenvalue weighted by Gasteiger charge is 2.49. The highest BCUT2D eigenvalue weighted by molar-refractivity contribution is 6.09. The summed E-state index contributed by atoms with van der Waals surface area (Å²) >= 11 is 0. The molecule has 0 spiro atoms. The quantitative estimate of drug-likeness (QED) is 0.362. The lowest BCUT2D eigenvalue weighted by atomic mass is 9.90. The molecular formula is C29H26N4O4. The van der Waals surface area contributed by atoms with E-state index >= 15 is 0 Å². The fourth-order valence-electron chi connectivity index (χ4n) is 4.29. The number of nitrogens with zero attached hydrogens (tertiary/aromatic N) is 2. The van der Waals surface area contributed by atoms with Gasteiger partial charge in [0, 0.05) is 24.5 Å². The van der Waals surface area contributed by atoms with Gasteiger partial charge in [0.25, 0.3) is 5.91 Å². The van der Waals surface area contributed by atoms with Gasteiger partial charge in [-0.1, -0.05) is 54.6 Å². The van der Waals surface area contributed by atoms with Crippen LogP contribution in [0.25, 0.3) is 10.8 Å². The number of fused-ring (bicyclic) bond motifs is 1. The van der Waals surface area contributed by atoms with E-state index in [-0.39, 0.29) is 13.1 Å². The Balaban J connectivity index is 1.16. The highest BCUT2D eigenvalue weighted by atomic mass is 16.5. The molecule has 186 valence electrons. The summed E-state index contributed by atoms with van der Waals surface area (Å²) in [7, 11) is 0. The summed E-state index contributed by atoms with van der Waals surface area (Å²) in [4.78, 5) is 43.5. The molecule has 1 aliphatic heterocycles. The summed E-state index contributed by atoms with van der Waals surface area (Å²) in [6, 6.07) is 24.0. The van der Waals surface area contributed by atoms with Crippen molar-refractivity contribution >= 4 is 28.6 Å². The number of ether oxygens (including phenoxy) is 1. The highest BCUT2D eigenvalue weighted by Crippen LogP contribution is 2.31. The molecule has 1 unspecified atom stereocenters. The number of nitrogens with one attached hydrogen (secondary N) is 2. The number of carbonyl (C=O) groups excluding carboxylic acids is 3. The Labute approximate surface area is 214 Å². The Kier molecular flexibility index (Phi) is 6.55. The second-order valence-corrected chi connectivity index (χ2v) is 9.08. The van der Waals surface area contributed by atoms with Crippen LogP contribution in [0.15, 0.2) is 91.3 Å². The van der Waals surface area contributed by atoms with Crippen molar-refractivity contribution in [3.8, 4) is 5.75 Å². The maximum atomic E-state index is 13.2. The number of benzene rings is 3. The fraction of sp³-hybridized carbons (Fsp3) is 0.172. The van der Waals surface area contributed by atoms with Gasteiger partial charge in [0.15, 0.2) is 0 Å². The van der Waals surface area contributed by atoms with Crippen LogP contribution < -0.4 is 15.4 Å². The molecule has 0 aliphatic carbocycles. The molecule has 0 bridgehead atoms. The molecule has 5 rings (SSSR count). The SMILES string of the molecule is CC1(c2ccc3ccccc3c2)NC(=O)N(CC(=O)NCc2ccc(OCc3cccnc3)cc2)C1=O. The maximum absolute atomic E-state index is 13.2. The molecule has 2 heterocycles. The molecule has 1 fully saturated rings. The van der Waals surface area contributed by atoms with E-state index in [1.807, 2.05) is 78.9 Å². The van der Waals surface area contributed by atoms with Crippen molar-refractivity contribution < 1.29 is 19.1 Å². The Morgan fingerprint density at radius 2 is 1.76 bits per heavy atom. The maximum Gasteiger partial charge on any atom is 0.325 e. The third-order valence-corrected chi connectivity index (χ3v) is 6.44. The topological polar surface area (TPSA) is 101 Å². The predicted molar refractivity (Wildman–Crippen MR) is 138 cm³/mol. The number of hydrogen-bond donors (Lipinski definition) is 2. The summed E-state index contributed by atoms with van der Waals surface area (Å²) < 4.78 is 5.75. The normalized spacial score (nSPS) is 17.1. The fourth-order valence-corrected chi connectivity index (χ4v) is 4.29. The molecule has 37 heavy (non-hydrogen) atoms. The van der Waals surface area contributed by atoms with Crippen molar-refractivity contribution in [1.29, 1.82) is 0 Å². The molecule has 1 aliphatic rings. The number of imide groups is 1. The minimum Gasteiger partial charge on any atom is -0.489 e. The van der Waals surface area contributed by atoms with Gasteiger partial charge < -0.3 is 15.4 Å². The van der Waals surface area contributed by atoms with Crippen LogP contribution in [0.3, 0.4) is 0 Å². The van der Waals surface area contributed by atoms with Gasteiger partial charge in [-0.15, -0.1) is 0 Å². The van der Waals surface area contributed by atoms with Crippen LogP contribution in [-0.4, -0.2) is 34.3 Å². The van der Waals surface area contributed by atoms with E-state index in [2.05, 4.69) is 15.6 Å². The lowest BCUT2D eigenvalue weighted by molar-refractivity contribution is -0.134. The van der Waals surface area contributed by atoms with Crippen LogP contribution in [-0.2, 0) is 28.3 Å². The number of carbonyl (C=O) groups is 3. The summed E-state index contributed by atoms with van der Waals surface area (Å²) in [5, 5.41) is 7.54. The summed E-state index contributed by atoms with van der Waals surface area (Å²) in [5.74, 6) is -0.188. The lowest BCUT2D eigenvalue weighted by Gasteiger charge is -2.22. The molecule has 1 atom stereocenters. The number of aromatic nitrogens is 1. The van der Waals surface area contributed by atoms with Crippen molar-refractivity contribution in [2.45, 2.75) is 25.6 Å². The van der Waals surface area contributed by atoms with Gasteiger partial charge in [-0.25, -0.2) is 4.79 Å². The van der Waals surface area contributed by atoms with Crippen molar-refractivity contribution in [1.82, 2.24) is 20.5 Å². The van der Waals surface area contributed by atoms with Gasteiger partial charge in [-0.3, -0.25) is 19.5 Å². The second-order valence-electron chi connectivity index (χ2n) is 9.08. The van der Waals surface area contributed by atoms with Gasteiger partial charge in [0.1, 0.15) is 24.4 Å². The summed E-state index contributed by atoms with van der Waals surface area (Å²) in [6.07, 6.45) is 3.46. The van der Waals surface area contributed by atoms with E-state index in [1.165, 1.54) is 0 Å². The molecule has 3 aromatic carbocycles. The zero-order valence-electron chi connectivity index (χ0n) is 20.3. The molecule has 4 aromatic rings. The van der Waals surface area contributed by atoms with E-state index in [1.54, 1.807) is 19.3 Å². The first-order valence-electron chi connectivity index (χ1n) is 11.9. The molecule has 8 heteroatoms. The third kappa shape index (κ3) is 5.13. The smallest absolute Gasteiger partial charge is 0.325 e. The van der Waals surface area contributed by atoms with E-state index in [0.29, 0.717) is 17.9 Å². The largest absolute Gasteiger partial charge is 0.489 e. The van der Waals surface area contributed by atoms with Crippen LogP contribution in [0.2, 0.25) is 0 Å². The molecule has 1 aromatic heterocycles. The number of amides is 4. The van der Waals surface area contributed by atoms with E-state index in [9.17, 15) is 14.4 Å². The molecule has 4 amide bonds. The van der Waals surface area contributed by atoms with Crippen molar-refractivity contribution in [2.75, 3.05) is 6.54 Å². The van der Waals surface area contributed by atoms with Gasteiger partial charge in [-0.05, 0) is 53.1 Å². The van der Waals surface area contributed by atoms with E-state index in [4.69, 9.17) is 4.74 Å². The first-order chi connectivity index (χ1) is 17.9. The van der Waals surface area contributed by atoms with Crippen molar-refractivity contribution in [2.24, 2.45) is 0 Å². The number of urea groups is 1. The zero-order valence-corrected chi connectivity index (χ0v) is 20.3. The zero-order chi connectivity index (χ0) is 25.8. The second kappa shape index (κ2) is 10.1. The third-order valence-electron chi connectivity index (χ3n) is 6.44.